The van der Waals surface area contributed by atoms with Crippen molar-refractivity contribution >= 4 is 23.4 Å². The lowest BCUT2D eigenvalue weighted by Crippen LogP contribution is -2.17. The van der Waals surface area contributed by atoms with E-state index in [4.69, 9.17) is 11.6 Å². The van der Waals surface area contributed by atoms with Crippen molar-refractivity contribution in [3.63, 3.8) is 0 Å². The minimum Gasteiger partial charge on any atom is -0.392 e. The third-order valence-electron chi connectivity index (χ3n) is 2.55. The molecule has 17 heavy (non-hydrogen) atoms. The minimum atomic E-state index is -0.361. The van der Waals surface area contributed by atoms with E-state index in [0.29, 0.717) is 16.7 Å². The van der Waals surface area contributed by atoms with Crippen molar-refractivity contribution in [3.8, 4) is 0 Å². The molecule has 0 saturated heterocycles. The van der Waals surface area contributed by atoms with Crippen LogP contribution in [0.15, 0.2) is 0 Å². The molecule has 1 unspecified atom stereocenters. The van der Waals surface area contributed by atoms with Gasteiger partial charge in [-0.05, 0) is 11.7 Å². The molecular formula is C12H21ClN2OS. The lowest BCUT2D eigenvalue weighted by atomic mass is 10.2. The van der Waals surface area contributed by atoms with Gasteiger partial charge in [-0.15, -0.1) is 0 Å². The summed E-state index contributed by atoms with van der Waals surface area (Å²) in [6.45, 7) is 6.29. The van der Waals surface area contributed by atoms with Crippen LogP contribution in [0.3, 0.4) is 0 Å². The van der Waals surface area contributed by atoms with Crippen molar-refractivity contribution in [1.82, 2.24) is 9.78 Å². The van der Waals surface area contributed by atoms with Crippen LogP contribution in [0, 0.1) is 0 Å². The van der Waals surface area contributed by atoms with Gasteiger partial charge in [-0.25, -0.2) is 0 Å². The Hall–Kier alpha value is -0.190. The maximum absolute atomic E-state index is 9.96. The number of hydrogen-bond acceptors (Lipinski definition) is 3. The van der Waals surface area contributed by atoms with E-state index in [9.17, 15) is 5.11 Å². The van der Waals surface area contributed by atoms with E-state index < -0.39 is 0 Å². The van der Waals surface area contributed by atoms with Gasteiger partial charge in [-0.2, -0.15) is 16.9 Å². The average Bonchev–Trinajstić information content (AvgIpc) is 2.53. The highest BCUT2D eigenvalue weighted by atomic mass is 35.5. The van der Waals surface area contributed by atoms with Crippen molar-refractivity contribution < 1.29 is 5.11 Å². The summed E-state index contributed by atoms with van der Waals surface area (Å²) in [6.07, 6.45) is 1.03. The summed E-state index contributed by atoms with van der Waals surface area (Å²) in [6, 6.07) is 0. The van der Waals surface area contributed by atoms with Gasteiger partial charge in [0.05, 0.1) is 22.5 Å². The zero-order chi connectivity index (χ0) is 13.0. The van der Waals surface area contributed by atoms with E-state index in [1.807, 2.05) is 14.0 Å². The lowest BCUT2D eigenvalue weighted by Gasteiger charge is -2.12. The van der Waals surface area contributed by atoms with E-state index in [0.717, 1.165) is 23.6 Å². The summed E-state index contributed by atoms with van der Waals surface area (Å²) in [5.41, 5.74) is 1.84. The van der Waals surface area contributed by atoms with Crippen molar-refractivity contribution in [2.24, 2.45) is 7.05 Å². The lowest BCUT2D eigenvalue weighted by molar-refractivity contribution is 0.197. The molecule has 1 atom stereocenters. The van der Waals surface area contributed by atoms with E-state index in [2.05, 4.69) is 18.9 Å². The first-order valence-corrected chi connectivity index (χ1v) is 7.38. The summed E-state index contributed by atoms with van der Waals surface area (Å²) in [5, 5.41) is 15.6. The zero-order valence-corrected chi connectivity index (χ0v) is 12.5. The molecule has 1 N–H and O–H groups in total. The molecule has 0 aliphatic rings. The molecule has 0 radical (unpaired) electrons. The Kier molecular flexibility index (Phi) is 5.83. The van der Waals surface area contributed by atoms with Gasteiger partial charge < -0.3 is 5.11 Å². The molecule has 5 heteroatoms. The SMILES string of the molecule is CCc1nn(C)c(CC(O)CSC(C)C)c1Cl. The van der Waals surface area contributed by atoms with Crippen LogP contribution in [0.5, 0.6) is 0 Å². The normalized spacial score (nSPS) is 13.4. The Balaban J connectivity index is 2.64. The molecule has 1 heterocycles. The maximum Gasteiger partial charge on any atom is 0.0850 e. The highest BCUT2D eigenvalue weighted by Gasteiger charge is 2.16. The molecule has 0 fully saturated rings. The molecule has 1 rings (SSSR count). The van der Waals surface area contributed by atoms with Crippen LogP contribution in [0.2, 0.25) is 5.02 Å². The second-order valence-electron chi connectivity index (χ2n) is 4.42. The van der Waals surface area contributed by atoms with Crippen molar-refractivity contribution in [3.05, 3.63) is 16.4 Å². The summed E-state index contributed by atoms with van der Waals surface area (Å²) in [5.74, 6) is 0.737. The average molecular weight is 277 g/mol. The molecule has 0 amide bonds. The van der Waals surface area contributed by atoms with Gasteiger partial charge in [-0.1, -0.05) is 32.4 Å². The summed E-state index contributed by atoms with van der Waals surface area (Å²) >= 11 is 8.00. The third kappa shape index (κ3) is 4.19. The summed E-state index contributed by atoms with van der Waals surface area (Å²) in [4.78, 5) is 0. The van der Waals surface area contributed by atoms with Gasteiger partial charge in [0.2, 0.25) is 0 Å². The molecule has 1 aromatic heterocycles. The van der Waals surface area contributed by atoms with E-state index in [1.54, 1.807) is 16.4 Å². The molecule has 0 bridgehead atoms. The van der Waals surface area contributed by atoms with E-state index in [1.165, 1.54) is 0 Å². The first-order valence-electron chi connectivity index (χ1n) is 5.95. The van der Waals surface area contributed by atoms with Crippen LogP contribution < -0.4 is 0 Å². The highest BCUT2D eigenvalue weighted by Crippen LogP contribution is 2.23. The predicted molar refractivity (Wildman–Crippen MR) is 74.9 cm³/mol. The fourth-order valence-corrected chi connectivity index (χ4v) is 2.72. The first kappa shape index (κ1) is 14.9. The molecule has 0 saturated carbocycles. The number of rotatable bonds is 6. The van der Waals surface area contributed by atoms with Crippen molar-refractivity contribution in [1.29, 1.82) is 0 Å². The van der Waals surface area contributed by atoms with Crippen LogP contribution >= 0.6 is 23.4 Å². The largest absolute Gasteiger partial charge is 0.392 e. The van der Waals surface area contributed by atoms with Crippen LogP contribution in [0.4, 0.5) is 0 Å². The number of nitrogens with zero attached hydrogens (tertiary/aromatic N) is 2. The molecule has 0 aliphatic carbocycles. The number of aromatic nitrogens is 2. The van der Waals surface area contributed by atoms with Crippen LogP contribution in [-0.2, 0) is 19.9 Å². The fraction of sp³-hybridized carbons (Fsp3) is 0.750. The summed E-state index contributed by atoms with van der Waals surface area (Å²) < 4.78 is 1.78. The Bertz CT molecular complexity index is 366. The number of thioether (sulfide) groups is 1. The van der Waals surface area contributed by atoms with Gasteiger partial charge in [0.1, 0.15) is 0 Å². The molecule has 98 valence electrons. The number of aryl methyl sites for hydroxylation is 2. The Morgan fingerprint density at radius 3 is 2.59 bits per heavy atom. The Morgan fingerprint density at radius 1 is 1.47 bits per heavy atom. The number of halogens is 1. The molecule has 0 spiro atoms. The first-order chi connectivity index (χ1) is 7.95. The van der Waals surface area contributed by atoms with Crippen molar-refractivity contribution in [2.45, 2.75) is 45.0 Å². The van der Waals surface area contributed by atoms with E-state index >= 15 is 0 Å². The monoisotopic (exact) mass is 276 g/mol. The van der Waals surface area contributed by atoms with Crippen LogP contribution in [-0.4, -0.2) is 32.0 Å². The van der Waals surface area contributed by atoms with Gasteiger partial charge >= 0.3 is 0 Å². The molecule has 3 nitrogen and oxygen atoms in total. The zero-order valence-electron chi connectivity index (χ0n) is 10.9. The molecular weight excluding hydrogens is 256 g/mol. The quantitative estimate of drug-likeness (QED) is 0.868. The van der Waals surface area contributed by atoms with E-state index in [-0.39, 0.29) is 6.10 Å². The van der Waals surface area contributed by atoms with Gasteiger partial charge in [0.25, 0.3) is 0 Å². The highest BCUT2D eigenvalue weighted by molar-refractivity contribution is 7.99. The second-order valence-corrected chi connectivity index (χ2v) is 6.41. The molecule has 1 aromatic rings. The smallest absolute Gasteiger partial charge is 0.0850 e. The standard InChI is InChI=1S/C12H21ClN2OS/c1-5-10-12(13)11(15(4)14-10)6-9(16)7-17-8(2)3/h8-9,16H,5-7H2,1-4H3. The van der Waals surface area contributed by atoms with Gasteiger partial charge in [-0.3, -0.25) is 4.68 Å². The molecule has 0 aromatic carbocycles. The number of hydrogen-bond donors (Lipinski definition) is 1. The van der Waals surface area contributed by atoms with Gasteiger partial charge in [0.15, 0.2) is 0 Å². The number of aliphatic hydroxyl groups excluding tert-OH is 1. The topological polar surface area (TPSA) is 38.0 Å². The fourth-order valence-electron chi connectivity index (χ4n) is 1.63. The summed E-state index contributed by atoms with van der Waals surface area (Å²) in [7, 11) is 1.88. The maximum atomic E-state index is 9.96. The van der Waals surface area contributed by atoms with Gasteiger partial charge in [0, 0.05) is 19.2 Å². The van der Waals surface area contributed by atoms with Crippen LogP contribution in [0.25, 0.3) is 0 Å². The Morgan fingerprint density at radius 2 is 2.12 bits per heavy atom. The predicted octanol–water partition coefficient (Wildman–Crippen LogP) is 2.68. The molecule has 0 aliphatic heterocycles. The second kappa shape index (κ2) is 6.66. The number of aliphatic hydroxyl groups is 1. The van der Waals surface area contributed by atoms with Crippen LogP contribution in [0.1, 0.15) is 32.2 Å². The Labute approximate surface area is 113 Å². The van der Waals surface area contributed by atoms with Crippen molar-refractivity contribution in [2.75, 3.05) is 5.75 Å². The minimum absolute atomic E-state index is 0.361. The third-order valence-corrected chi connectivity index (χ3v) is 4.23.